The van der Waals surface area contributed by atoms with E-state index in [4.69, 9.17) is 0 Å². The largest absolute Gasteiger partial charge is 0.326 e. The predicted molar refractivity (Wildman–Crippen MR) is 94.3 cm³/mol. The van der Waals surface area contributed by atoms with E-state index in [9.17, 15) is 4.79 Å². The van der Waals surface area contributed by atoms with E-state index in [0.29, 0.717) is 19.0 Å². The number of rotatable bonds is 5. The molecule has 1 aromatic carbocycles. The molecule has 1 aliphatic heterocycles. The predicted octanol–water partition coefficient (Wildman–Crippen LogP) is 2.25. The van der Waals surface area contributed by atoms with Gasteiger partial charge in [0.1, 0.15) is 12.7 Å². The summed E-state index contributed by atoms with van der Waals surface area (Å²) >= 11 is 0. The lowest BCUT2D eigenvalue weighted by Crippen LogP contribution is -2.27. The zero-order valence-electron chi connectivity index (χ0n) is 12.6. The fourth-order valence-corrected chi connectivity index (χ4v) is 2.62. The zero-order valence-corrected chi connectivity index (χ0v) is 14.3. The van der Waals surface area contributed by atoms with Crippen LogP contribution in [-0.2, 0) is 11.3 Å². The molecular formula is C15H21Cl2N5O. The Morgan fingerprint density at radius 3 is 2.96 bits per heavy atom. The number of carbonyl (C=O) groups is 1. The highest BCUT2D eigenvalue weighted by molar-refractivity contribution is 5.91. The molecule has 6 nitrogen and oxygen atoms in total. The van der Waals surface area contributed by atoms with Crippen LogP contribution in [0.4, 0.5) is 5.69 Å². The maximum atomic E-state index is 12.0. The number of amides is 1. The average molecular weight is 358 g/mol. The Kier molecular flexibility index (Phi) is 8.02. The Balaban J connectivity index is 0.00000132. The highest BCUT2D eigenvalue weighted by Crippen LogP contribution is 2.14. The number of nitrogens with zero attached hydrogens (tertiary/aromatic N) is 3. The van der Waals surface area contributed by atoms with Crippen LogP contribution in [0.5, 0.6) is 0 Å². The van der Waals surface area contributed by atoms with Crippen LogP contribution in [-0.4, -0.2) is 33.3 Å². The van der Waals surface area contributed by atoms with Crippen molar-refractivity contribution in [3.63, 3.8) is 0 Å². The number of carbonyl (C=O) groups excluding carboxylic acids is 1. The molecule has 1 unspecified atom stereocenters. The second-order valence-corrected chi connectivity index (χ2v) is 5.34. The summed E-state index contributed by atoms with van der Waals surface area (Å²) < 4.78 is 1.75. The molecule has 0 spiro atoms. The van der Waals surface area contributed by atoms with Crippen LogP contribution in [0.1, 0.15) is 24.8 Å². The first kappa shape index (κ1) is 19.4. The van der Waals surface area contributed by atoms with Gasteiger partial charge in [-0.25, -0.2) is 9.67 Å². The lowest BCUT2D eigenvalue weighted by Gasteiger charge is -2.11. The minimum Gasteiger partial charge on any atom is -0.326 e. The van der Waals surface area contributed by atoms with E-state index >= 15 is 0 Å². The summed E-state index contributed by atoms with van der Waals surface area (Å²) in [6, 6.07) is 8.15. The fraction of sp³-hybridized carbons (Fsp3) is 0.400. The van der Waals surface area contributed by atoms with Crippen LogP contribution in [0.25, 0.3) is 0 Å². The Labute approximate surface area is 147 Å². The summed E-state index contributed by atoms with van der Waals surface area (Å²) in [5.74, 6) is 0.0623. The van der Waals surface area contributed by atoms with Crippen molar-refractivity contribution in [1.82, 2.24) is 20.1 Å². The summed E-state index contributed by atoms with van der Waals surface area (Å²) in [6.45, 7) is 1.67. The number of hydrogen-bond donors (Lipinski definition) is 2. The maximum absolute atomic E-state index is 12.0. The molecule has 8 heteroatoms. The smallest absolute Gasteiger partial charge is 0.225 e. The summed E-state index contributed by atoms with van der Waals surface area (Å²) in [7, 11) is 0. The van der Waals surface area contributed by atoms with Crippen molar-refractivity contribution in [2.45, 2.75) is 31.8 Å². The number of benzene rings is 1. The molecule has 3 rings (SSSR count). The van der Waals surface area contributed by atoms with Crippen molar-refractivity contribution >= 4 is 36.4 Å². The lowest BCUT2D eigenvalue weighted by molar-refractivity contribution is -0.116. The molecular weight excluding hydrogens is 337 g/mol. The Morgan fingerprint density at radius 1 is 1.39 bits per heavy atom. The van der Waals surface area contributed by atoms with Crippen LogP contribution in [0.2, 0.25) is 0 Å². The highest BCUT2D eigenvalue weighted by atomic mass is 35.5. The highest BCUT2D eigenvalue weighted by Gasteiger charge is 2.17. The van der Waals surface area contributed by atoms with Gasteiger partial charge in [-0.2, -0.15) is 5.10 Å². The second-order valence-electron chi connectivity index (χ2n) is 5.34. The van der Waals surface area contributed by atoms with Gasteiger partial charge in [0.15, 0.2) is 0 Å². The van der Waals surface area contributed by atoms with E-state index in [-0.39, 0.29) is 30.7 Å². The standard InChI is InChI=1S/C15H19N5O.2ClH/c21-15(8-13-5-2-6-17-13)19-14-4-1-3-12(7-14)9-20-11-16-10-18-20;;/h1,3-4,7,10-11,13,17H,2,5-6,8-9H2,(H,19,21);2*1H. The third-order valence-electron chi connectivity index (χ3n) is 3.62. The molecule has 1 amide bonds. The Bertz CT molecular complexity index is 600. The van der Waals surface area contributed by atoms with Crippen molar-refractivity contribution in [2.75, 3.05) is 11.9 Å². The first-order valence-electron chi connectivity index (χ1n) is 7.24. The number of halogens is 2. The molecule has 0 radical (unpaired) electrons. The molecule has 1 saturated heterocycles. The quantitative estimate of drug-likeness (QED) is 0.860. The molecule has 1 aromatic heterocycles. The third-order valence-corrected chi connectivity index (χ3v) is 3.62. The van der Waals surface area contributed by atoms with Crippen LogP contribution < -0.4 is 10.6 Å². The van der Waals surface area contributed by atoms with E-state index < -0.39 is 0 Å². The maximum Gasteiger partial charge on any atom is 0.225 e. The van der Waals surface area contributed by atoms with E-state index in [1.54, 1.807) is 11.0 Å². The lowest BCUT2D eigenvalue weighted by atomic mass is 10.1. The van der Waals surface area contributed by atoms with Crippen molar-refractivity contribution in [2.24, 2.45) is 0 Å². The van der Waals surface area contributed by atoms with Crippen molar-refractivity contribution in [3.8, 4) is 0 Å². The van der Waals surface area contributed by atoms with Gasteiger partial charge in [-0.15, -0.1) is 24.8 Å². The minimum absolute atomic E-state index is 0. The molecule has 126 valence electrons. The van der Waals surface area contributed by atoms with Gasteiger partial charge in [-0.05, 0) is 37.1 Å². The van der Waals surface area contributed by atoms with Gasteiger partial charge in [0.2, 0.25) is 5.91 Å². The van der Waals surface area contributed by atoms with Crippen molar-refractivity contribution < 1.29 is 4.79 Å². The average Bonchev–Trinajstić information content (AvgIpc) is 3.12. The molecule has 1 aliphatic rings. The summed E-state index contributed by atoms with van der Waals surface area (Å²) in [4.78, 5) is 15.9. The minimum atomic E-state index is 0. The first-order valence-corrected chi connectivity index (χ1v) is 7.24. The molecule has 2 aromatic rings. The summed E-state index contributed by atoms with van der Waals surface area (Å²) in [5, 5.41) is 10.4. The number of nitrogens with one attached hydrogen (secondary N) is 2. The summed E-state index contributed by atoms with van der Waals surface area (Å²) in [5.41, 5.74) is 1.91. The Hall–Kier alpha value is -1.63. The van der Waals surface area contributed by atoms with Gasteiger partial charge >= 0.3 is 0 Å². The van der Waals surface area contributed by atoms with Crippen LogP contribution in [0, 0.1) is 0 Å². The topological polar surface area (TPSA) is 71.8 Å². The molecule has 2 heterocycles. The van der Waals surface area contributed by atoms with Gasteiger partial charge in [0.25, 0.3) is 0 Å². The first-order chi connectivity index (χ1) is 10.3. The number of anilines is 1. The molecule has 1 fully saturated rings. The van der Waals surface area contributed by atoms with Gasteiger partial charge < -0.3 is 10.6 Å². The number of aromatic nitrogens is 3. The third kappa shape index (κ3) is 5.82. The SMILES string of the molecule is Cl.Cl.O=C(CC1CCCN1)Nc1cccc(Cn2cncn2)c1. The van der Waals surface area contributed by atoms with Crippen LogP contribution in [0.3, 0.4) is 0 Å². The van der Waals surface area contributed by atoms with Gasteiger partial charge in [0.05, 0.1) is 6.54 Å². The fourth-order valence-electron chi connectivity index (χ4n) is 2.62. The van der Waals surface area contributed by atoms with E-state index in [0.717, 1.165) is 30.6 Å². The molecule has 1 atom stereocenters. The molecule has 2 N–H and O–H groups in total. The van der Waals surface area contributed by atoms with Gasteiger partial charge in [-0.1, -0.05) is 12.1 Å². The summed E-state index contributed by atoms with van der Waals surface area (Å²) in [6.07, 6.45) is 5.97. The van der Waals surface area contributed by atoms with E-state index in [1.165, 1.54) is 6.33 Å². The van der Waals surface area contributed by atoms with E-state index in [1.807, 2.05) is 24.3 Å². The van der Waals surface area contributed by atoms with Crippen LogP contribution >= 0.6 is 24.8 Å². The van der Waals surface area contributed by atoms with Crippen LogP contribution in [0.15, 0.2) is 36.9 Å². The zero-order chi connectivity index (χ0) is 14.5. The molecule has 0 saturated carbocycles. The van der Waals surface area contributed by atoms with Gasteiger partial charge in [-0.3, -0.25) is 4.79 Å². The Morgan fingerprint density at radius 2 is 2.26 bits per heavy atom. The second kappa shape index (κ2) is 9.50. The monoisotopic (exact) mass is 357 g/mol. The molecule has 0 aliphatic carbocycles. The normalized spacial score (nSPS) is 16.3. The number of hydrogen-bond acceptors (Lipinski definition) is 4. The molecule has 23 heavy (non-hydrogen) atoms. The van der Waals surface area contributed by atoms with Gasteiger partial charge in [0, 0.05) is 18.2 Å². The molecule has 0 bridgehead atoms. The van der Waals surface area contributed by atoms with Crippen molar-refractivity contribution in [1.29, 1.82) is 0 Å². The van der Waals surface area contributed by atoms with Crippen molar-refractivity contribution in [3.05, 3.63) is 42.5 Å². The van der Waals surface area contributed by atoms with E-state index in [2.05, 4.69) is 20.7 Å².